The monoisotopic (exact) mass is 765 g/mol. The van der Waals surface area contributed by atoms with Crippen LogP contribution in [0.15, 0.2) is 24.3 Å². The first kappa shape index (κ1) is 33.9. The van der Waals surface area contributed by atoms with Crippen molar-refractivity contribution < 1.29 is 55.2 Å². The molecule has 43 heavy (non-hydrogen) atoms. The van der Waals surface area contributed by atoms with E-state index in [-0.39, 0.29) is 30.0 Å². The number of benzene rings is 2. The Bertz CT molecular complexity index is 1610. The number of hydrogen-bond acceptors (Lipinski definition) is 10. The summed E-state index contributed by atoms with van der Waals surface area (Å²) in [5.41, 5.74) is -2.27. The first-order chi connectivity index (χ1) is 19.9. The fourth-order valence-corrected chi connectivity index (χ4v) is 8.81. The van der Waals surface area contributed by atoms with Gasteiger partial charge in [-0.2, -0.15) is 0 Å². The Morgan fingerprint density at radius 1 is 1.02 bits per heavy atom. The Morgan fingerprint density at radius 2 is 1.63 bits per heavy atom. The van der Waals surface area contributed by atoms with Crippen molar-refractivity contribution in [1.82, 2.24) is 0 Å². The summed E-state index contributed by atoms with van der Waals surface area (Å²) in [5.74, 6) is -4.82. The first-order valence-corrected chi connectivity index (χ1v) is 17.0. The summed E-state index contributed by atoms with van der Waals surface area (Å²) >= 11 is 1.81. The molecule has 0 radical (unpaired) electrons. The Balaban J connectivity index is 1.94. The van der Waals surface area contributed by atoms with Crippen LogP contribution in [0.2, 0.25) is 0 Å². The topological polar surface area (TPSA) is 200 Å². The molecule has 2 aromatic carbocycles. The van der Waals surface area contributed by atoms with Gasteiger partial charge in [0.25, 0.3) is 0 Å². The molecule has 7 N–H and O–H groups in total. The van der Waals surface area contributed by atoms with Gasteiger partial charge in [0.1, 0.15) is 29.0 Å². The predicted molar refractivity (Wildman–Crippen MR) is 158 cm³/mol. The highest BCUT2D eigenvalue weighted by atomic mass is 127. The molecule has 0 spiro atoms. The molecule has 3 unspecified atom stereocenters. The maximum absolute atomic E-state index is 15.6. The van der Waals surface area contributed by atoms with Crippen molar-refractivity contribution in [3.63, 3.8) is 0 Å². The van der Waals surface area contributed by atoms with Crippen molar-refractivity contribution in [1.29, 1.82) is 0 Å². The van der Waals surface area contributed by atoms with Crippen LogP contribution >= 0.6 is 22.6 Å². The standard InChI is InChI=1S/C25H31F3IN3O9S2/c1-41-19-9-16(27)20(28)21(31-17-3-2-13(29)8-15(17)26)22(19)32(43(39,40)25(6-7-25)10-14(34)12-33)23(36)18(35)11-24(4-5-24)42(30,37)38/h2-3,8-9,14,18,23,31,33-36H,4-7,10-12H2,1H3,(H2,30,37,38). The predicted octanol–water partition coefficient (Wildman–Crippen LogP) is 1.76. The highest BCUT2D eigenvalue weighted by molar-refractivity contribution is 14.1. The fraction of sp³-hybridized carbons (Fsp3) is 0.520. The number of anilines is 3. The number of ether oxygens (including phenoxy) is 1. The molecule has 0 aliphatic heterocycles. The molecule has 0 amide bonds. The van der Waals surface area contributed by atoms with E-state index in [2.05, 4.69) is 5.32 Å². The largest absolute Gasteiger partial charge is 0.494 e. The van der Waals surface area contributed by atoms with Gasteiger partial charge in [0.2, 0.25) is 20.0 Å². The molecule has 12 nitrogen and oxygen atoms in total. The number of aliphatic hydroxyl groups excluding tert-OH is 4. The molecule has 0 heterocycles. The van der Waals surface area contributed by atoms with Gasteiger partial charge < -0.3 is 30.5 Å². The van der Waals surface area contributed by atoms with Gasteiger partial charge in [-0.25, -0.2) is 39.5 Å². The van der Waals surface area contributed by atoms with Gasteiger partial charge in [-0.3, -0.25) is 0 Å². The van der Waals surface area contributed by atoms with E-state index in [1.165, 1.54) is 12.1 Å². The fourth-order valence-electron chi connectivity index (χ4n) is 5.00. The van der Waals surface area contributed by atoms with Crippen LogP contribution in [0.25, 0.3) is 0 Å². The number of aliphatic hydroxyl groups is 4. The molecule has 4 rings (SSSR count). The molecule has 2 aromatic rings. The van der Waals surface area contributed by atoms with Crippen molar-refractivity contribution in [3.05, 3.63) is 45.3 Å². The average molecular weight is 766 g/mol. The van der Waals surface area contributed by atoms with E-state index >= 15 is 4.39 Å². The number of primary sulfonamides is 1. The third kappa shape index (κ3) is 6.42. The second kappa shape index (κ2) is 12.1. The lowest BCUT2D eigenvalue weighted by atomic mass is 10.1. The second-order valence-electron chi connectivity index (χ2n) is 10.8. The Hall–Kier alpha value is -1.94. The van der Waals surface area contributed by atoms with Crippen molar-refractivity contribution in [2.24, 2.45) is 5.14 Å². The summed E-state index contributed by atoms with van der Waals surface area (Å²) < 4.78 is 100. The molecule has 0 bridgehead atoms. The van der Waals surface area contributed by atoms with E-state index in [0.29, 0.717) is 9.64 Å². The van der Waals surface area contributed by atoms with Crippen LogP contribution in [0.5, 0.6) is 5.75 Å². The van der Waals surface area contributed by atoms with Crippen molar-refractivity contribution >= 4 is 59.7 Å². The molecular weight excluding hydrogens is 734 g/mol. The number of nitrogens with zero attached hydrogens (tertiary/aromatic N) is 1. The van der Waals surface area contributed by atoms with Crippen LogP contribution in [-0.4, -0.2) is 78.9 Å². The van der Waals surface area contributed by atoms with Gasteiger partial charge in [0, 0.05) is 9.64 Å². The minimum atomic E-state index is -4.99. The maximum atomic E-state index is 15.6. The number of methoxy groups -OCH3 is 1. The SMILES string of the molecule is COc1cc(F)c(F)c(Nc2ccc(I)cc2F)c1N(C(O)C(O)CC1(S(N)(=O)=O)CC1)S(=O)(=O)C1(CC(O)CO)CC1. The quantitative estimate of drug-likeness (QED) is 0.122. The molecule has 2 aliphatic rings. The van der Waals surface area contributed by atoms with Gasteiger partial charge in [0.15, 0.2) is 17.9 Å². The van der Waals surface area contributed by atoms with E-state index < -0.39 is 108 Å². The zero-order valence-electron chi connectivity index (χ0n) is 22.7. The minimum absolute atomic E-state index is 0.0162. The lowest BCUT2D eigenvalue weighted by Crippen LogP contribution is -2.53. The van der Waals surface area contributed by atoms with E-state index in [4.69, 9.17) is 9.88 Å². The number of sulfonamides is 2. The van der Waals surface area contributed by atoms with E-state index in [1.807, 2.05) is 22.6 Å². The molecule has 18 heteroatoms. The lowest BCUT2D eigenvalue weighted by Gasteiger charge is -2.37. The Morgan fingerprint density at radius 3 is 2.12 bits per heavy atom. The van der Waals surface area contributed by atoms with E-state index in [0.717, 1.165) is 13.2 Å². The summed E-state index contributed by atoms with van der Waals surface area (Å²) in [6.07, 6.45) is -7.60. The molecular formula is C25H31F3IN3O9S2. The highest BCUT2D eigenvalue weighted by Crippen LogP contribution is 2.54. The van der Waals surface area contributed by atoms with Crippen LogP contribution in [-0.2, 0) is 20.0 Å². The molecule has 2 fully saturated rings. The third-order valence-electron chi connectivity index (χ3n) is 7.80. The maximum Gasteiger partial charge on any atom is 0.243 e. The normalized spacial score (nSPS) is 19.3. The van der Waals surface area contributed by atoms with Gasteiger partial charge in [-0.15, -0.1) is 0 Å². The van der Waals surface area contributed by atoms with Crippen LogP contribution in [0.4, 0.5) is 30.2 Å². The van der Waals surface area contributed by atoms with Gasteiger partial charge in [-0.1, -0.05) is 0 Å². The molecule has 2 aliphatic carbocycles. The first-order valence-electron chi connectivity index (χ1n) is 12.9. The Kier molecular flexibility index (Phi) is 9.55. The molecule has 0 saturated heterocycles. The van der Waals surface area contributed by atoms with E-state index in [9.17, 15) is 46.0 Å². The lowest BCUT2D eigenvalue weighted by molar-refractivity contribution is 0.0199. The molecule has 3 atom stereocenters. The molecule has 240 valence electrons. The highest BCUT2D eigenvalue weighted by Gasteiger charge is 2.61. The molecule has 2 saturated carbocycles. The van der Waals surface area contributed by atoms with Crippen molar-refractivity contribution in [2.75, 3.05) is 23.3 Å². The smallest absolute Gasteiger partial charge is 0.243 e. The van der Waals surface area contributed by atoms with Gasteiger partial charge in [-0.05, 0) is 79.3 Å². The zero-order chi connectivity index (χ0) is 32.1. The summed E-state index contributed by atoms with van der Waals surface area (Å²) in [5, 5.41) is 49.6. The summed E-state index contributed by atoms with van der Waals surface area (Å²) in [4.78, 5) is 0. The third-order valence-corrected chi connectivity index (χ3v) is 12.8. The summed E-state index contributed by atoms with van der Waals surface area (Å²) in [7, 11) is -8.25. The number of hydrogen-bond donors (Lipinski definition) is 6. The number of nitrogens with one attached hydrogen (secondary N) is 1. The van der Waals surface area contributed by atoms with Gasteiger partial charge >= 0.3 is 0 Å². The minimum Gasteiger partial charge on any atom is -0.494 e. The van der Waals surface area contributed by atoms with E-state index in [1.54, 1.807) is 0 Å². The van der Waals surface area contributed by atoms with Crippen molar-refractivity contribution in [3.8, 4) is 5.75 Å². The van der Waals surface area contributed by atoms with Crippen LogP contribution in [0.1, 0.15) is 38.5 Å². The summed E-state index contributed by atoms with van der Waals surface area (Å²) in [6.45, 7) is -0.813. The Labute approximate surface area is 259 Å². The van der Waals surface area contributed by atoms with Gasteiger partial charge in [0.05, 0.1) is 35.0 Å². The zero-order valence-corrected chi connectivity index (χ0v) is 26.5. The van der Waals surface area contributed by atoms with Crippen LogP contribution < -0.4 is 19.5 Å². The summed E-state index contributed by atoms with van der Waals surface area (Å²) in [6, 6.07) is 4.13. The average Bonchev–Trinajstić information content (AvgIpc) is 3.85. The number of halogens is 4. The second-order valence-corrected chi connectivity index (χ2v) is 16.2. The number of nitrogens with two attached hydrogens (primary N) is 1. The van der Waals surface area contributed by atoms with Crippen LogP contribution in [0.3, 0.4) is 0 Å². The molecule has 0 aromatic heterocycles. The number of rotatable bonds is 14. The van der Waals surface area contributed by atoms with Crippen LogP contribution in [0, 0.1) is 21.0 Å². The van der Waals surface area contributed by atoms with Crippen molar-refractivity contribution in [2.45, 2.75) is 66.5 Å².